The predicted molar refractivity (Wildman–Crippen MR) is 81.8 cm³/mol. The van der Waals surface area contributed by atoms with Crippen molar-refractivity contribution in [1.29, 1.82) is 5.26 Å². The van der Waals surface area contributed by atoms with Crippen LogP contribution in [-0.2, 0) is 18.0 Å². The van der Waals surface area contributed by atoms with Gasteiger partial charge in [-0.05, 0) is 18.9 Å². The van der Waals surface area contributed by atoms with E-state index in [1.54, 1.807) is 6.07 Å². The Bertz CT molecular complexity index is 697. The summed E-state index contributed by atoms with van der Waals surface area (Å²) in [5, 5.41) is 14.9. The first-order valence-electron chi connectivity index (χ1n) is 7.46. The minimum absolute atomic E-state index is 0.0607. The first-order valence-corrected chi connectivity index (χ1v) is 7.84. The molecule has 1 aliphatic rings. The van der Waals surface area contributed by atoms with Crippen molar-refractivity contribution in [3.63, 3.8) is 0 Å². The van der Waals surface area contributed by atoms with Gasteiger partial charge in [0.05, 0.1) is 0 Å². The van der Waals surface area contributed by atoms with Crippen molar-refractivity contribution < 1.29 is 18.0 Å². The van der Waals surface area contributed by atoms with Gasteiger partial charge in [-0.25, -0.2) is 0 Å². The largest absolute Gasteiger partial charge is 0.435 e. The molecule has 1 fully saturated rings. The molecule has 0 bridgehead atoms. The van der Waals surface area contributed by atoms with E-state index in [0.717, 1.165) is 42.9 Å². The third-order valence-corrected chi connectivity index (χ3v) is 4.32. The zero-order valence-electron chi connectivity index (χ0n) is 13.0. The van der Waals surface area contributed by atoms with Crippen molar-refractivity contribution >= 4 is 23.6 Å². The maximum absolute atomic E-state index is 13.0. The molecule has 1 N–H and O–H groups in total. The maximum atomic E-state index is 13.0. The van der Waals surface area contributed by atoms with Gasteiger partial charge in [-0.3, -0.25) is 9.48 Å². The number of nitrogens with zero attached hydrogens (tertiary/aromatic N) is 3. The van der Waals surface area contributed by atoms with E-state index < -0.39 is 28.9 Å². The van der Waals surface area contributed by atoms with Crippen molar-refractivity contribution in [2.75, 3.05) is 0 Å². The second kappa shape index (κ2) is 7.26. The molecule has 0 radical (unpaired) electrons. The molecule has 24 heavy (non-hydrogen) atoms. The lowest BCUT2D eigenvalue weighted by Crippen LogP contribution is -2.36. The van der Waals surface area contributed by atoms with Crippen LogP contribution in [0.5, 0.6) is 0 Å². The Hall–Kier alpha value is -2.01. The second-order valence-electron chi connectivity index (χ2n) is 5.65. The van der Waals surface area contributed by atoms with Crippen LogP contribution in [0.3, 0.4) is 0 Å². The van der Waals surface area contributed by atoms with E-state index in [4.69, 9.17) is 16.9 Å². The quantitative estimate of drug-likeness (QED) is 0.663. The van der Waals surface area contributed by atoms with Crippen LogP contribution in [0, 0.1) is 11.3 Å². The minimum Gasteiger partial charge on any atom is -0.349 e. The Labute approximate surface area is 142 Å². The number of nitriles is 1. The van der Waals surface area contributed by atoms with E-state index in [9.17, 15) is 18.0 Å². The molecule has 0 unspecified atom stereocenters. The summed E-state index contributed by atoms with van der Waals surface area (Å²) in [5.74, 6) is -0.697. The van der Waals surface area contributed by atoms with Gasteiger partial charge in [0.2, 0.25) is 0 Å². The third-order valence-electron chi connectivity index (χ3n) is 3.87. The van der Waals surface area contributed by atoms with Crippen LogP contribution in [0.1, 0.15) is 43.4 Å². The second-order valence-corrected chi connectivity index (χ2v) is 6.01. The molecule has 1 amide bonds. The lowest BCUT2D eigenvalue weighted by Gasteiger charge is -2.22. The maximum Gasteiger partial charge on any atom is 0.435 e. The molecule has 2 rings (SSSR count). The number of alkyl halides is 3. The lowest BCUT2D eigenvalue weighted by atomic mass is 9.95. The molecule has 130 valence electrons. The molecule has 0 aliphatic heterocycles. The van der Waals surface area contributed by atoms with Crippen LogP contribution in [0.15, 0.2) is 5.57 Å². The number of aromatic nitrogens is 2. The summed E-state index contributed by atoms with van der Waals surface area (Å²) in [5.41, 5.74) is -2.14. The van der Waals surface area contributed by atoms with E-state index in [1.165, 1.54) is 7.05 Å². The number of hydrogen-bond donors (Lipinski definition) is 1. The fourth-order valence-electron chi connectivity index (χ4n) is 2.66. The molecule has 0 spiro atoms. The number of aryl methyl sites for hydroxylation is 1. The molecule has 1 aliphatic carbocycles. The number of carbonyl (C=O) groups is 1. The summed E-state index contributed by atoms with van der Waals surface area (Å²) in [6.07, 6.45) is 0.741. The highest BCUT2D eigenvalue weighted by atomic mass is 35.5. The normalized spacial score (nSPS) is 16.8. The average Bonchev–Trinajstić information content (AvgIpc) is 2.81. The smallest absolute Gasteiger partial charge is 0.349 e. The topological polar surface area (TPSA) is 70.7 Å². The van der Waals surface area contributed by atoms with Crippen LogP contribution in [0.25, 0.3) is 6.08 Å². The Balaban J connectivity index is 2.30. The van der Waals surface area contributed by atoms with Crippen LogP contribution < -0.4 is 5.32 Å². The van der Waals surface area contributed by atoms with Gasteiger partial charge in [-0.15, -0.1) is 0 Å². The van der Waals surface area contributed by atoms with Crippen molar-refractivity contribution in [2.45, 2.75) is 44.3 Å². The number of carbonyl (C=O) groups excluding carboxylic acids is 1. The molecule has 1 heterocycles. The fraction of sp³-hybridized carbons (Fsp3) is 0.533. The molecular weight excluding hydrogens is 345 g/mol. The average molecular weight is 361 g/mol. The van der Waals surface area contributed by atoms with E-state index in [1.807, 2.05) is 0 Å². The van der Waals surface area contributed by atoms with Crippen molar-refractivity contribution in [3.05, 3.63) is 22.0 Å². The fourth-order valence-corrected chi connectivity index (χ4v) is 2.84. The number of nitrogens with one attached hydrogen (secondary N) is 1. The third kappa shape index (κ3) is 4.09. The van der Waals surface area contributed by atoms with Crippen LogP contribution in [0.4, 0.5) is 13.2 Å². The van der Waals surface area contributed by atoms with Crippen LogP contribution >= 0.6 is 11.6 Å². The molecule has 1 saturated carbocycles. The molecular formula is C15H16ClF3N4O. The van der Waals surface area contributed by atoms with Gasteiger partial charge in [0.1, 0.15) is 16.8 Å². The molecule has 0 aromatic carbocycles. The highest BCUT2D eigenvalue weighted by Crippen LogP contribution is 2.35. The van der Waals surface area contributed by atoms with E-state index in [2.05, 4.69) is 10.4 Å². The molecule has 1 aromatic rings. The van der Waals surface area contributed by atoms with Crippen molar-refractivity contribution in [3.8, 4) is 6.07 Å². The van der Waals surface area contributed by atoms with Gasteiger partial charge in [-0.2, -0.15) is 23.5 Å². The Morgan fingerprint density at radius 1 is 1.42 bits per heavy atom. The monoisotopic (exact) mass is 360 g/mol. The zero-order chi connectivity index (χ0) is 17.9. The lowest BCUT2D eigenvalue weighted by molar-refractivity contribution is -0.141. The highest BCUT2D eigenvalue weighted by Gasteiger charge is 2.38. The van der Waals surface area contributed by atoms with E-state index >= 15 is 0 Å². The van der Waals surface area contributed by atoms with E-state index in [-0.39, 0.29) is 11.2 Å². The van der Waals surface area contributed by atoms with E-state index in [0.29, 0.717) is 0 Å². The highest BCUT2D eigenvalue weighted by molar-refractivity contribution is 6.31. The summed E-state index contributed by atoms with van der Waals surface area (Å²) < 4.78 is 39.9. The standard InChI is InChI=1S/C15H16ClF3N4O/c1-23-13(16)11(12(22-23)15(17,18)19)7-9(8-20)14(24)21-10-5-3-2-4-6-10/h7,10H,2-6H2,1H3,(H,21,24)/b9-7+. The molecule has 0 saturated heterocycles. The Morgan fingerprint density at radius 3 is 2.58 bits per heavy atom. The van der Waals surface area contributed by atoms with Crippen LogP contribution in [-0.4, -0.2) is 21.7 Å². The van der Waals surface area contributed by atoms with Gasteiger partial charge in [0, 0.05) is 18.7 Å². The molecule has 0 atom stereocenters. The summed E-state index contributed by atoms with van der Waals surface area (Å²) in [7, 11) is 1.25. The minimum atomic E-state index is -4.74. The number of halogens is 4. The summed E-state index contributed by atoms with van der Waals surface area (Å²) >= 11 is 5.83. The Morgan fingerprint density at radius 2 is 2.04 bits per heavy atom. The zero-order valence-corrected chi connectivity index (χ0v) is 13.7. The summed E-state index contributed by atoms with van der Waals surface area (Å²) in [4.78, 5) is 12.2. The molecule has 9 heteroatoms. The van der Waals surface area contributed by atoms with Gasteiger partial charge >= 0.3 is 6.18 Å². The molecule has 1 aromatic heterocycles. The summed E-state index contributed by atoms with van der Waals surface area (Å²) in [6, 6.07) is 1.58. The number of rotatable bonds is 3. The number of hydrogen-bond acceptors (Lipinski definition) is 3. The molecule has 5 nitrogen and oxygen atoms in total. The SMILES string of the molecule is Cn1nc(C(F)(F)F)c(/C=C(\C#N)C(=O)NC2CCCCC2)c1Cl. The predicted octanol–water partition coefficient (Wildman–Crippen LogP) is 3.45. The first-order chi connectivity index (χ1) is 11.2. The van der Waals surface area contributed by atoms with Crippen molar-refractivity contribution in [2.24, 2.45) is 7.05 Å². The van der Waals surface area contributed by atoms with Gasteiger partial charge in [-0.1, -0.05) is 30.9 Å². The van der Waals surface area contributed by atoms with Crippen molar-refractivity contribution in [1.82, 2.24) is 15.1 Å². The van der Waals surface area contributed by atoms with Gasteiger partial charge in [0.15, 0.2) is 5.69 Å². The van der Waals surface area contributed by atoms with Gasteiger partial charge in [0.25, 0.3) is 5.91 Å². The van der Waals surface area contributed by atoms with Crippen LogP contribution in [0.2, 0.25) is 5.15 Å². The Kier molecular flexibility index (Phi) is 5.54. The van der Waals surface area contributed by atoms with Gasteiger partial charge < -0.3 is 5.32 Å². The number of amides is 1. The summed E-state index contributed by atoms with van der Waals surface area (Å²) in [6.45, 7) is 0. The first kappa shape index (κ1) is 18.3.